The summed E-state index contributed by atoms with van der Waals surface area (Å²) >= 11 is 1.28. The third-order valence-electron chi connectivity index (χ3n) is 4.59. The van der Waals surface area contributed by atoms with Crippen molar-refractivity contribution in [2.24, 2.45) is 11.7 Å². The second-order valence-electron chi connectivity index (χ2n) is 6.61. The molecule has 1 fully saturated rings. The summed E-state index contributed by atoms with van der Waals surface area (Å²) in [7, 11) is 0. The van der Waals surface area contributed by atoms with Gasteiger partial charge in [-0.05, 0) is 24.5 Å². The van der Waals surface area contributed by atoms with Crippen molar-refractivity contribution in [2.75, 3.05) is 18.4 Å². The van der Waals surface area contributed by atoms with Crippen molar-refractivity contribution < 1.29 is 14.4 Å². The van der Waals surface area contributed by atoms with Crippen molar-refractivity contribution in [3.63, 3.8) is 0 Å². The van der Waals surface area contributed by atoms with Crippen LogP contribution in [-0.4, -0.2) is 40.7 Å². The average Bonchev–Trinajstić information content (AvgIpc) is 3.14. The lowest BCUT2D eigenvalue weighted by Crippen LogP contribution is -2.42. The van der Waals surface area contributed by atoms with Gasteiger partial charge in [-0.15, -0.1) is 11.3 Å². The van der Waals surface area contributed by atoms with Gasteiger partial charge in [-0.1, -0.05) is 30.3 Å². The lowest BCUT2D eigenvalue weighted by atomic mass is 9.96. The number of carbonyl (C=O) groups excluding carboxylic acids is 3. The fourth-order valence-corrected chi connectivity index (χ4v) is 3.72. The molecule has 3 N–H and O–H groups in total. The number of rotatable bonds is 6. The standard InChI is InChI=1S/C20H22N4O3S/c21-19(27)15-8-10-24(11-9-15)18(26)12-16-13-28-20(22-16)23-17(25)7-6-14-4-2-1-3-5-14/h1-7,13,15H,8-12H2,(H2,21,27)(H,22,23,25)/b7-6+. The summed E-state index contributed by atoms with van der Waals surface area (Å²) in [5.74, 6) is -0.748. The third-order valence-corrected chi connectivity index (χ3v) is 5.40. The van der Waals surface area contributed by atoms with Crippen LogP contribution in [0.2, 0.25) is 0 Å². The number of nitrogens with one attached hydrogen (secondary N) is 1. The van der Waals surface area contributed by atoms with Crippen LogP contribution in [0.15, 0.2) is 41.8 Å². The van der Waals surface area contributed by atoms with E-state index in [1.807, 2.05) is 30.3 Å². The molecule has 2 heterocycles. The number of nitrogens with zero attached hydrogens (tertiary/aromatic N) is 2. The zero-order chi connectivity index (χ0) is 19.9. The number of amides is 3. The minimum atomic E-state index is -0.298. The van der Waals surface area contributed by atoms with Gasteiger partial charge in [-0.2, -0.15) is 0 Å². The Labute approximate surface area is 167 Å². The molecule has 0 radical (unpaired) electrons. The number of anilines is 1. The molecule has 146 valence electrons. The van der Waals surface area contributed by atoms with Gasteiger partial charge >= 0.3 is 0 Å². The summed E-state index contributed by atoms with van der Waals surface area (Å²) in [6.45, 7) is 1.06. The normalized spacial score (nSPS) is 14.9. The van der Waals surface area contributed by atoms with Crippen molar-refractivity contribution in [1.82, 2.24) is 9.88 Å². The molecular formula is C20H22N4O3S. The second-order valence-corrected chi connectivity index (χ2v) is 7.47. The van der Waals surface area contributed by atoms with Crippen molar-refractivity contribution in [3.8, 4) is 0 Å². The molecule has 3 rings (SSSR count). The van der Waals surface area contributed by atoms with Crippen LogP contribution in [0.3, 0.4) is 0 Å². The minimum Gasteiger partial charge on any atom is -0.369 e. The van der Waals surface area contributed by atoms with E-state index in [4.69, 9.17) is 5.73 Å². The molecular weight excluding hydrogens is 376 g/mol. The van der Waals surface area contributed by atoms with Crippen LogP contribution in [0.1, 0.15) is 24.1 Å². The quantitative estimate of drug-likeness (QED) is 0.727. The van der Waals surface area contributed by atoms with Crippen LogP contribution in [0.25, 0.3) is 6.08 Å². The predicted octanol–water partition coefficient (Wildman–Crippen LogP) is 2.06. The molecule has 7 nitrogen and oxygen atoms in total. The lowest BCUT2D eigenvalue weighted by molar-refractivity contribution is -0.134. The molecule has 1 saturated heterocycles. The Balaban J connectivity index is 1.49. The first-order chi connectivity index (χ1) is 13.5. The summed E-state index contributed by atoms with van der Waals surface area (Å²) in [5, 5.41) is 4.93. The van der Waals surface area contributed by atoms with E-state index < -0.39 is 0 Å². The topological polar surface area (TPSA) is 105 Å². The number of nitrogens with two attached hydrogens (primary N) is 1. The van der Waals surface area contributed by atoms with Gasteiger partial charge in [-0.3, -0.25) is 19.7 Å². The molecule has 2 aromatic rings. The zero-order valence-electron chi connectivity index (χ0n) is 15.3. The number of piperidine rings is 1. The highest BCUT2D eigenvalue weighted by Gasteiger charge is 2.26. The van der Waals surface area contributed by atoms with Crippen LogP contribution >= 0.6 is 11.3 Å². The highest BCUT2D eigenvalue weighted by atomic mass is 32.1. The number of likely N-dealkylation sites (tertiary alicyclic amines) is 1. The summed E-state index contributed by atoms with van der Waals surface area (Å²) in [4.78, 5) is 41.7. The maximum atomic E-state index is 12.4. The molecule has 1 aromatic heterocycles. The van der Waals surface area contributed by atoms with E-state index in [9.17, 15) is 14.4 Å². The monoisotopic (exact) mass is 398 g/mol. The first-order valence-corrected chi connectivity index (χ1v) is 9.95. The number of hydrogen-bond donors (Lipinski definition) is 2. The van der Waals surface area contributed by atoms with Gasteiger partial charge in [0.05, 0.1) is 12.1 Å². The van der Waals surface area contributed by atoms with E-state index in [0.717, 1.165) is 5.56 Å². The largest absolute Gasteiger partial charge is 0.369 e. The fourth-order valence-electron chi connectivity index (χ4n) is 3.01. The van der Waals surface area contributed by atoms with E-state index in [0.29, 0.717) is 36.8 Å². The summed E-state index contributed by atoms with van der Waals surface area (Å²) in [6.07, 6.45) is 4.56. The van der Waals surface area contributed by atoms with Crippen LogP contribution in [-0.2, 0) is 20.8 Å². The Bertz CT molecular complexity index is 871. The Kier molecular flexibility index (Phi) is 6.54. The van der Waals surface area contributed by atoms with Gasteiger partial charge in [0.2, 0.25) is 17.7 Å². The molecule has 0 spiro atoms. The number of primary amides is 1. The van der Waals surface area contributed by atoms with Crippen molar-refractivity contribution >= 4 is 40.3 Å². The molecule has 3 amide bonds. The van der Waals surface area contributed by atoms with Crippen LogP contribution in [0.5, 0.6) is 0 Å². The maximum Gasteiger partial charge on any atom is 0.250 e. The summed E-state index contributed by atoms with van der Waals surface area (Å²) in [6, 6.07) is 9.53. The van der Waals surface area contributed by atoms with E-state index in [-0.39, 0.29) is 30.1 Å². The second kappa shape index (κ2) is 9.27. The number of aromatic nitrogens is 1. The van der Waals surface area contributed by atoms with E-state index in [2.05, 4.69) is 10.3 Å². The molecule has 1 aromatic carbocycles. The lowest BCUT2D eigenvalue weighted by Gasteiger charge is -2.30. The van der Waals surface area contributed by atoms with Crippen molar-refractivity contribution in [2.45, 2.75) is 19.3 Å². The molecule has 8 heteroatoms. The number of benzene rings is 1. The highest BCUT2D eigenvalue weighted by molar-refractivity contribution is 7.14. The number of carbonyl (C=O) groups is 3. The number of thiazole rings is 1. The summed E-state index contributed by atoms with van der Waals surface area (Å²) < 4.78 is 0. The van der Waals surface area contributed by atoms with Crippen molar-refractivity contribution in [1.29, 1.82) is 0 Å². The van der Waals surface area contributed by atoms with E-state index in [1.165, 1.54) is 17.4 Å². The molecule has 28 heavy (non-hydrogen) atoms. The van der Waals surface area contributed by atoms with E-state index in [1.54, 1.807) is 16.4 Å². The number of hydrogen-bond acceptors (Lipinski definition) is 5. The van der Waals surface area contributed by atoms with E-state index >= 15 is 0 Å². The van der Waals surface area contributed by atoms with Gasteiger partial charge in [0.1, 0.15) is 0 Å². The zero-order valence-corrected chi connectivity index (χ0v) is 16.2. The van der Waals surface area contributed by atoms with Crippen LogP contribution in [0, 0.1) is 5.92 Å². The minimum absolute atomic E-state index is 0.0323. The van der Waals surface area contributed by atoms with Crippen LogP contribution in [0.4, 0.5) is 5.13 Å². The Morgan fingerprint density at radius 3 is 2.61 bits per heavy atom. The van der Waals surface area contributed by atoms with Gasteiger partial charge in [0.15, 0.2) is 5.13 Å². The maximum absolute atomic E-state index is 12.4. The fraction of sp³-hybridized carbons (Fsp3) is 0.300. The first-order valence-electron chi connectivity index (χ1n) is 9.07. The van der Waals surface area contributed by atoms with Crippen molar-refractivity contribution in [3.05, 3.63) is 53.0 Å². The smallest absolute Gasteiger partial charge is 0.250 e. The molecule has 0 saturated carbocycles. The Morgan fingerprint density at radius 2 is 1.93 bits per heavy atom. The summed E-state index contributed by atoms with van der Waals surface area (Å²) in [5.41, 5.74) is 6.87. The average molecular weight is 398 g/mol. The Hall–Kier alpha value is -3.00. The molecule has 1 aliphatic rings. The predicted molar refractivity (Wildman–Crippen MR) is 108 cm³/mol. The molecule has 0 unspecified atom stereocenters. The third kappa shape index (κ3) is 5.50. The molecule has 1 aliphatic heterocycles. The molecule has 0 bridgehead atoms. The molecule has 0 atom stereocenters. The van der Waals surface area contributed by atoms with Gasteiger partial charge < -0.3 is 10.6 Å². The molecule has 0 aliphatic carbocycles. The van der Waals surface area contributed by atoms with Crippen LogP contribution < -0.4 is 11.1 Å². The Morgan fingerprint density at radius 1 is 1.21 bits per heavy atom. The first kappa shape index (κ1) is 19.8. The highest BCUT2D eigenvalue weighted by Crippen LogP contribution is 2.20. The van der Waals surface area contributed by atoms with Gasteiger partial charge in [0, 0.05) is 30.5 Å². The SMILES string of the molecule is NC(=O)C1CCN(C(=O)Cc2csc(NC(=O)/C=C/c3ccccc3)n2)CC1. The van der Waals surface area contributed by atoms with Gasteiger partial charge in [0.25, 0.3) is 0 Å². The van der Waals surface area contributed by atoms with Gasteiger partial charge in [-0.25, -0.2) is 4.98 Å².